The van der Waals surface area contributed by atoms with E-state index >= 15 is 0 Å². The van der Waals surface area contributed by atoms with Crippen molar-refractivity contribution in [2.24, 2.45) is 0 Å². The van der Waals surface area contributed by atoms with Gasteiger partial charge in [0.2, 0.25) is 0 Å². The van der Waals surface area contributed by atoms with E-state index in [-0.39, 0.29) is 29.4 Å². The summed E-state index contributed by atoms with van der Waals surface area (Å²) in [5.74, 6) is 0.0898. The van der Waals surface area contributed by atoms with Gasteiger partial charge in [0.25, 0.3) is 11.8 Å². The molecule has 33 heavy (non-hydrogen) atoms. The molecule has 0 aliphatic carbocycles. The molecule has 2 aliphatic rings. The second-order valence-electron chi connectivity index (χ2n) is 9.86. The van der Waals surface area contributed by atoms with Crippen LogP contribution in [0.5, 0.6) is 5.75 Å². The van der Waals surface area contributed by atoms with Crippen molar-refractivity contribution in [3.63, 3.8) is 0 Å². The van der Waals surface area contributed by atoms with Crippen molar-refractivity contribution in [2.75, 3.05) is 25.1 Å². The normalized spacial score (nSPS) is 21.8. The number of imide groups is 1. The molecule has 174 valence electrons. The maximum Gasteiger partial charge on any atom is 0.282 e. The van der Waals surface area contributed by atoms with E-state index in [9.17, 15) is 9.59 Å². The maximum absolute atomic E-state index is 13.8. The van der Waals surface area contributed by atoms with Crippen LogP contribution in [0.4, 0.5) is 5.69 Å². The summed E-state index contributed by atoms with van der Waals surface area (Å²) in [6.07, 6.45) is -0.0808. The van der Waals surface area contributed by atoms with Gasteiger partial charge in [-0.2, -0.15) is 0 Å². The molecule has 0 aromatic heterocycles. The third-order valence-electron chi connectivity index (χ3n) is 6.17. The maximum atomic E-state index is 13.8. The highest BCUT2D eigenvalue weighted by Crippen LogP contribution is 2.37. The number of ether oxygens (including phenoxy) is 2. The Hall–Kier alpha value is -3.12. The summed E-state index contributed by atoms with van der Waals surface area (Å²) in [5.41, 5.74) is 3.26. The summed E-state index contributed by atoms with van der Waals surface area (Å²) in [6, 6.07) is 15.0. The molecule has 0 radical (unpaired) electrons. The first kappa shape index (κ1) is 23.1. The number of hydrogen-bond donors (Lipinski definition) is 0. The van der Waals surface area contributed by atoms with Gasteiger partial charge in [0.05, 0.1) is 30.6 Å². The molecular formula is C27H32N2O4. The van der Waals surface area contributed by atoms with Crippen LogP contribution in [0.2, 0.25) is 0 Å². The number of carbonyl (C=O) groups is 2. The van der Waals surface area contributed by atoms with E-state index in [4.69, 9.17) is 9.47 Å². The second-order valence-corrected chi connectivity index (χ2v) is 9.86. The number of anilines is 1. The second kappa shape index (κ2) is 8.67. The van der Waals surface area contributed by atoms with Crippen LogP contribution in [-0.4, -0.2) is 49.1 Å². The molecule has 2 aliphatic heterocycles. The lowest BCUT2D eigenvalue weighted by molar-refractivity contribution is -0.121. The molecule has 6 heteroatoms. The SMILES string of the molecule is COc1ccc(C2=C(N3CC(C)OC(C)C3)C(=O)N(c3ccc(C(C)(C)C)cc3)C2=O)cc1. The lowest BCUT2D eigenvalue weighted by Gasteiger charge is -2.37. The summed E-state index contributed by atoms with van der Waals surface area (Å²) in [6.45, 7) is 11.5. The molecule has 0 N–H and O–H groups in total. The molecule has 1 saturated heterocycles. The molecule has 0 spiro atoms. The van der Waals surface area contributed by atoms with Crippen LogP contribution >= 0.6 is 0 Å². The number of rotatable bonds is 4. The molecule has 4 rings (SSSR count). The Morgan fingerprint density at radius 2 is 1.45 bits per heavy atom. The number of carbonyl (C=O) groups excluding carboxylic acids is 2. The zero-order valence-corrected chi connectivity index (χ0v) is 20.2. The molecule has 1 fully saturated rings. The average molecular weight is 449 g/mol. The first-order valence-electron chi connectivity index (χ1n) is 11.4. The van der Waals surface area contributed by atoms with Crippen LogP contribution < -0.4 is 9.64 Å². The lowest BCUT2D eigenvalue weighted by atomic mass is 9.87. The van der Waals surface area contributed by atoms with Gasteiger partial charge in [-0.05, 0) is 54.7 Å². The highest BCUT2D eigenvalue weighted by molar-refractivity contribution is 6.45. The number of morpholine rings is 1. The zero-order valence-electron chi connectivity index (χ0n) is 20.2. The average Bonchev–Trinajstić information content (AvgIpc) is 3.02. The van der Waals surface area contributed by atoms with Gasteiger partial charge in [-0.15, -0.1) is 0 Å². The van der Waals surface area contributed by atoms with Crippen LogP contribution in [0.15, 0.2) is 54.2 Å². The highest BCUT2D eigenvalue weighted by atomic mass is 16.5. The van der Waals surface area contributed by atoms with Crippen molar-refractivity contribution >= 4 is 23.1 Å². The van der Waals surface area contributed by atoms with E-state index < -0.39 is 0 Å². The minimum absolute atomic E-state index is 0.0186. The smallest absolute Gasteiger partial charge is 0.282 e. The van der Waals surface area contributed by atoms with E-state index in [1.54, 1.807) is 7.11 Å². The van der Waals surface area contributed by atoms with Crippen molar-refractivity contribution in [1.29, 1.82) is 0 Å². The third-order valence-corrected chi connectivity index (χ3v) is 6.17. The summed E-state index contributed by atoms with van der Waals surface area (Å²) < 4.78 is 11.1. The molecule has 0 bridgehead atoms. The summed E-state index contributed by atoms with van der Waals surface area (Å²) in [5, 5.41) is 0. The fourth-order valence-electron chi connectivity index (χ4n) is 4.53. The predicted molar refractivity (Wildman–Crippen MR) is 129 cm³/mol. The molecular weight excluding hydrogens is 416 g/mol. The Morgan fingerprint density at radius 3 is 1.97 bits per heavy atom. The van der Waals surface area contributed by atoms with E-state index in [1.807, 2.05) is 67.3 Å². The van der Waals surface area contributed by atoms with Gasteiger partial charge in [-0.1, -0.05) is 45.0 Å². The number of nitrogens with zero attached hydrogens (tertiary/aromatic N) is 2. The fraction of sp³-hybridized carbons (Fsp3) is 0.407. The minimum Gasteiger partial charge on any atom is -0.497 e. The molecule has 2 unspecified atom stereocenters. The zero-order chi connectivity index (χ0) is 23.9. The Balaban J connectivity index is 1.78. The highest BCUT2D eigenvalue weighted by Gasteiger charge is 2.44. The van der Waals surface area contributed by atoms with Gasteiger partial charge >= 0.3 is 0 Å². The van der Waals surface area contributed by atoms with Gasteiger partial charge in [0, 0.05) is 13.1 Å². The van der Waals surface area contributed by atoms with Gasteiger partial charge in [-0.3, -0.25) is 9.59 Å². The fourth-order valence-corrected chi connectivity index (χ4v) is 4.53. The summed E-state index contributed by atoms with van der Waals surface area (Å²) in [7, 11) is 1.60. The Bertz CT molecular complexity index is 1070. The van der Waals surface area contributed by atoms with Crippen molar-refractivity contribution in [2.45, 2.75) is 52.2 Å². The van der Waals surface area contributed by atoms with Gasteiger partial charge < -0.3 is 14.4 Å². The van der Waals surface area contributed by atoms with Crippen molar-refractivity contribution in [3.8, 4) is 5.75 Å². The minimum atomic E-state index is -0.310. The number of benzene rings is 2. The molecule has 2 atom stereocenters. The quantitative estimate of drug-likeness (QED) is 0.650. The lowest BCUT2D eigenvalue weighted by Crippen LogP contribution is -2.47. The largest absolute Gasteiger partial charge is 0.497 e. The van der Waals surface area contributed by atoms with Crippen LogP contribution in [0.1, 0.15) is 45.7 Å². The van der Waals surface area contributed by atoms with Crippen LogP contribution in [-0.2, 0) is 19.7 Å². The topological polar surface area (TPSA) is 59.1 Å². The van der Waals surface area contributed by atoms with E-state index in [2.05, 4.69) is 20.8 Å². The Kier molecular flexibility index (Phi) is 6.06. The molecule has 2 heterocycles. The third kappa shape index (κ3) is 4.40. The van der Waals surface area contributed by atoms with Crippen molar-refractivity contribution in [3.05, 3.63) is 65.4 Å². The molecule has 2 amide bonds. The van der Waals surface area contributed by atoms with Crippen molar-refractivity contribution < 1.29 is 19.1 Å². The van der Waals surface area contributed by atoms with E-state index in [0.29, 0.717) is 41.4 Å². The van der Waals surface area contributed by atoms with Gasteiger partial charge in [0.1, 0.15) is 11.4 Å². The standard InChI is InChI=1S/C27H32N2O4/c1-17-15-28(16-18(2)33-17)24-23(19-7-13-22(32-6)14-8-19)25(30)29(26(24)31)21-11-9-20(10-12-21)27(3,4)5/h7-14,17-18H,15-16H2,1-6H3. The van der Waals surface area contributed by atoms with Crippen LogP contribution in [0.25, 0.3) is 5.57 Å². The van der Waals surface area contributed by atoms with Crippen LogP contribution in [0, 0.1) is 0 Å². The first-order chi connectivity index (χ1) is 15.6. The predicted octanol–water partition coefficient (Wildman–Crippen LogP) is 4.39. The summed E-state index contributed by atoms with van der Waals surface area (Å²) >= 11 is 0. The summed E-state index contributed by atoms with van der Waals surface area (Å²) in [4.78, 5) is 30.8. The van der Waals surface area contributed by atoms with Crippen molar-refractivity contribution in [1.82, 2.24) is 4.90 Å². The van der Waals surface area contributed by atoms with Gasteiger partial charge in [0.15, 0.2) is 0 Å². The van der Waals surface area contributed by atoms with Gasteiger partial charge in [-0.25, -0.2) is 4.90 Å². The first-order valence-corrected chi connectivity index (χ1v) is 11.4. The monoisotopic (exact) mass is 448 g/mol. The molecule has 6 nitrogen and oxygen atoms in total. The number of methoxy groups -OCH3 is 1. The number of hydrogen-bond acceptors (Lipinski definition) is 5. The van der Waals surface area contributed by atoms with E-state index in [1.165, 1.54) is 4.90 Å². The molecule has 2 aromatic rings. The molecule has 0 saturated carbocycles. The van der Waals surface area contributed by atoms with E-state index in [0.717, 1.165) is 5.56 Å². The van der Waals surface area contributed by atoms with Crippen LogP contribution in [0.3, 0.4) is 0 Å². The Labute approximate surface area is 195 Å². The Morgan fingerprint density at radius 1 is 0.879 bits per heavy atom. The molecule has 2 aromatic carbocycles. The number of amides is 2.